The summed E-state index contributed by atoms with van der Waals surface area (Å²) in [5.41, 5.74) is 4.53. The van der Waals surface area contributed by atoms with Gasteiger partial charge < -0.3 is 10.3 Å². The highest BCUT2D eigenvalue weighted by Gasteiger charge is 2.17. The van der Waals surface area contributed by atoms with Gasteiger partial charge in [0, 0.05) is 36.1 Å². The molecule has 2 heterocycles. The van der Waals surface area contributed by atoms with Crippen molar-refractivity contribution in [1.82, 2.24) is 20.3 Å². The highest BCUT2D eigenvalue weighted by atomic mass is 16.1. The molecule has 6 nitrogen and oxygen atoms in total. The maximum atomic E-state index is 12.5. The summed E-state index contributed by atoms with van der Waals surface area (Å²) < 4.78 is 0. The van der Waals surface area contributed by atoms with Crippen LogP contribution in [0.15, 0.2) is 16.9 Å². The van der Waals surface area contributed by atoms with Crippen LogP contribution < -0.4 is 10.9 Å². The van der Waals surface area contributed by atoms with Gasteiger partial charge >= 0.3 is 0 Å². The van der Waals surface area contributed by atoms with Crippen molar-refractivity contribution in [2.75, 3.05) is 6.54 Å². The molecule has 0 unspecified atom stereocenters. The Balaban J connectivity index is 1.66. The molecule has 0 aromatic carbocycles. The van der Waals surface area contributed by atoms with E-state index in [1.54, 1.807) is 6.07 Å². The molecule has 0 atom stereocenters. The maximum Gasteiger partial charge on any atom is 0.253 e. The van der Waals surface area contributed by atoms with Crippen molar-refractivity contribution >= 4 is 5.91 Å². The Morgan fingerprint density at radius 1 is 1.23 bits per heavy atom. The van der Waals surface area contributed by atoms with Crippen LogP contribution >= 0.6 is 0 Å². The van der Waals surface area contributed by atoms with Gasteiger partial charge in [0.2, 0.25) is 5.56 Å². The van der Waals surface area contributed by atoms with Gasteiger partial charge in [-0.25, -0.2) is 9.97 Å². The quantitative estimate of drug-likeness (QED) is 0.863. The van der Waals surface area contributed by atoms with Gasteiger partial charge in [-0.05, 0) is 50.2 Å². The molecule has 0 bridgehead atoms. The smallest absolute Gasteiger partial charge is 0.253 e. The lowest BCUT2D eigenvalue weighted by atomic mass is 9.95. The Labute approximate surface area is 153 Å². The van der Waals surface area contributed by atoms with Crippen molar-refractivity contribution in [2.24, 2.45) is 0 Å². The van der Waals surface area contributed by atoms with E-state index in [1.807, 2.05) is 20.8 Å². The maximum absolute atomic E-state index is 12.5. The fourth-order valence-corrected chi connectivity index (χ4v) is 3.48. The summed E-state index contributed by atoms with van der Waals surface area (Å²) in [7, 11) is 0. The lowest BCUT2D eigenvalue weighted by molar-refractivity contribution is 0.0952. The number of rotatable bonds is 5. The van der Waals surface area contributed by atoms with Gasteiger partial charge in [0.05, 0.1) is 5.56 Å². The predicted octanol–water partition coefficient (Wildman–Crippen LogP) is 2.45. The van der Waals surface area contributed by atoms with Crippen LogP contribution in [0.4, 0.5) is 0 Å². The molecule has 0 aliphatic heterocycles. The molecule has 1 amide bonds. The fourth-order valence-electron chi connectivity index (χ4n) is 3.48. The summed E-state index contributed by atoms with van der Waals surface area (Å²) >= 11 is 0. The summed E-state index contributed by atoms with van der Waals surface area (Å²) in [5.74, 6) is 0.671. The summed E-state index contributed by atoms with van der Waals surface area (Å²) in [4.78, 5) is 36.1. The number of hydrogen-bond acceptors (Lipinski definition) is 4. The number of aromatic amines is 1. The number of carbonyl (C=O) groups is 1. The van der Waals surface area contributed by atoms with Crippen LogP contribution in [0.2, 0.25) is 0 Å². The molecule has 26 heavy (non-hydrogen) atoms. The van der Waals surface area contributed by atoms with E-state index in [-0.39, 0.29) is 17.4 Å². The van der Waals surface area contributed by atoms with Crippen LogP contribution in [0, 0.1) is 6.92 Å². The number of pyridine rings is 1. The lowest BCUT2D eigenvalue weighted by Gasteiger charge is -2.17. The van der Waals surface area contributed by atoms with Gasteiger partial charge in [-0.15, -0.1) is 0 Å². The molecule has 2 N–H and O–H groups in total. The Morgan fingerprint density at radius 2 is 2.00 bits per heavy atom. The minimum absolute atomic E-state index is 0.0660. The molecule has 2 aromatic heterocycles. The van der Waals surface area contributed by atoms with Crippen molar-refractivity contribution in [1.29, 1.82) is 0 Å². The van der Waals surface area contributed by atoms with Crippen LogP contribution in [0.1, 0.15) is 71.4 Å². The largest absolute Gasteiger partial charge is 0.352 e. The molecular weight excluding hydrogens is 328 g/mol. The summed E-state index contributed by atoms with van der Waals surface area (Å²) in [6.45, 7) is 6.41. The van der Waals surface area contributed by atoms with Crippen molar-refractivity contribution in [3.05, 3.63) is 56.5 Å². The van der Waals surface area contributed by atoms with E-state index in [0.717, 1.165) is 24.4 Å². The zero-order valence-electron chi connectivity index (χ0n) is 15.7. The third-order valence-corrected chi connectivity index (χ3v) is 4.84. The number of carbonyl (C=O) groups excluding carboxylic acids is 1. The average molecular weight is 354 g/mol. The van der Waals surface area contributed by atoms with Crippen LogP contribution in [-0.2, 0) is 19.3 Å². The molecule has 0 radical (unpaired) electrons. The molecule has 0 saturated carbocycles. The number of H-pyrrole nitrogens is 1. The molecule has 3 rings (SSSR count). The van der Waals surface area contributed by atoms with E-state index < -0.39 is 0 Å². The zero-order chi connectivity index (χ0) is 18.7. The topological polar surface area (TPSA) is 87.7 Å². The number of aromatic nitrogens is 3. The Hall–Kier alpha value is -2.50. The third-order valence-electron chi connectivity index (χ3n) is 4.84. The van der Waals surface area contributed by atoms with E-state index in [1.165, 1.54) is 30.2 Å². The molecule has 2 aromatic rings. The Kier molecular flexibility index (Phi) is 5.49. The molecule has 138 valence electrons. The molecular formula is C20H26N4O2. The Morgan fingerprint density at radius 3 is 2.77 bits per heavy atom. The van der Waals surface area contributed by atoms with E-state index in [0.29, 0.717) is 24.2 Å². The normalized spacial score (nSPS) is 13.5. The first kappa shape index (κ1) is 18.3. The van der Waals surface area contributed by atoms with Crippen molar-refractivity contribution in [3.8, 4) is 0 Å². The zero-order valence-corrected chi connectivity index (χ0v) is 15.7. The summed E-state index contributed by atoms with van der Waals surface area (Å²) in [6, 6.07) is 2.97. The summed E-state index contributed by atoms with van der Waals surface area (Å²) in [5, 5.41) is 2.92. The SMILES string of the molecule is Cc1nc(CCNC(=O)c2ccc(=O)[nH]c2C(C)C)nc2c1CCCC2. The fraction of sp³-hybridized carbons (Fsp3) is 0.500. The van der Waals surface area contributed by atoms with Crippen LogP contribution in [-0.4, -0.2) is 27.4 Å². The standard InChI is InChI=1S/C20H26N4O2/c1-12(2)19-15(8-9-18(25)24-19)20(26)21-11-10-17-22-13(3)14-6-4-5-7-16(14)23-17/h8-9,12H,4-7,10-11H2,1-3H3,(H,21,26)(H,24,25). The molecule has 0 spiro atoms. The number of nitrogens with one attached hydrogen (secondary N) is 2. The first-order chi connectivity index (χ1) is 12.5. The van der Waals surface area contributed by atoms with Crippen LogP contribution in [0.3, 0.4) is 0 Å². The predicted molar refractivity (Wildman–Crippen MR) is 101 cm³/mol. The monoisotopic (exact) mass is 354 g/mol. The average Bonchev–Trinajstić information content (AvgIpc) is 2.61. The third kappa shape index (κ3) is 4.00. The van der Waals surface area contributed by atoms with E-state index in [2.05, 4.69) is 15.3 Å². The van der Waals surface area contributed by atoms with Gasteiger partial charge in [0.25, 0.3) is 5.91 Å². The minimum Gasteiger partial charge on any atom is -0.352 e. The highest BCUT2D eigenvalue weighted by Crippen LogP contribution is 2.21. The van der Waals surface area contributed by atoms with Gasteiger partial charge in [0.15, 0.2) is 0 Å². The highest BCUT2D eigenvalue weighted by molar-refractivity contribution is 5.95. The number of fused-ring (bicyclic) bond motifs is 1. The summed E-state index contributed by atoms with van der Waals surface area (Å²) in [6.07, 6.45) is 5.09. The molecule has 0 fully saturated rings. The number of aryl methyl sites for hydroxylation is 2. The Bertz CT molecular complexity index is 871. The second-order valence-corrected chi connectivity index (χ2v) is 7.17. The lowest BCUT2D eigenvalue weighted by Crippen LogP contribution is -2.29. The van der Waals surface area contributed by atoms with Gasteiger partial charge in [-0.1, -0.05) is 13.8 Å². The molecule has 1 aliphatic rings. The molecule has 0 saturated heterocycles. The van der Waals surface area contributed by atoms with Crippen LogP contribution in [0.5, 0.6) is 0 Å². The number of amides is 1. The van der Waals surface area contributed by atoms with Gasteiger partial charge in [-0.3, -0.25) is 9.59 Å². The van der Waals surface area contributed by atoms with E-state index in [9.17, 15) is 9.59 Å². The minimum atomic E-state index is -0.191. The first-order valence-electron chi connectivity index (χ1n) is 9.32. The van der Waals surface area contributed by atoms with Crippen molar-refractivity contribution in [3.63, 3.8) is 0 Å². The second-order valence-electron chi connectivity index (χ2n) is 7.17. The number of hydrogen-bond donors (Lipinski definition) is 2. The van der Waals surface area contributed by atoms with Crippen molar-refractivity contribution in [2.45, 2.75) is 58.8 Å². The second kappa shape index (κ2) is 7.81. The number of nitrogens with zero attached hydrogens (tertiary/aromatic N) is 2. The van der Waals surface area contributed by atoms with E-state index >= 15 is 0 Å². The van der Waals surface area contributed by atoms with E-state index in [4.69, 9.17) is 4.98 Å². The van der Waals surface area contributed by atoms with Gasteiger partial charge in [0.1, 0.15) is 5.82 Å². The van der Waals surface area contributed by atoms with Gasteiger partial charge in [-0.2, -0.15) is 0 Å². The first-order valence-corrected chi connectivity index (χ1v) is 9.32. The molecule has 6 heteroatoms. The molecule has 1 aliphatic carbocycles. The van der Waals surface area contributed by atoms with Crippen molar-refractivity contribution < 1.29 is 4.79 Å². The van der Waals surface area contributed by atoms with Crippen LogP contribution in [0.25, 0.3) is 0 Å².